The first kappa shape index (κ1) is 20.1. The van der Waals surface area contributed by atoms with E-state index in [1.165, 1.54) is 0 Å². The van der Waals surface area contributed by atoms with E-state index in [2.05, 4.69) is 20.5 Å². The van der Waals surface area contributed by atoms with Crippen LogP contribution in [0.4, 0.5) is 4.79 Å². The van der Waals surface area contributed by atoms with E-state index in [-0.39, 0.29) is 18.3 Å². The standard InChI is InChI=1S/C19H27N5O4/c1-2-28-18(26)17-15-11-24(7-6-16(15)22-23-17)19(27)21-10-14-5-3-4-13(8-14)9-20-12-25/h13-14H,2-11H2,1H3,(H,21,27)(H,22,23). The van der Waals surface area contributed by atoms with E-state index in [9.17, 15) is 14.4 Å². The van der Waals surface area contributed by atoms with Crippen LogP contribution in [-0.2, 0) is 22.5 Å². The van der Waals surface area contributed by atoms with Gasteiger partial charge in [-0.15, -0.1) is 0 Å². The van der Waals surface area contributed by atoms with Crippen LogP contribution in [0.2, 0.25) is 0 Å². The molecule has 2 aliphatic rings. The number of isocyanates is 1. The monoisotopic (exact) mass is 389 g/mol. The molecule has 2 unspecified atom stereocenters. The van der Waals surface area contributed by atoms with Gasteiger partial charge in [-0.3, -0.25) is 5.10 Å². The molecule has 1 aliphatic heterocycles. The van der Waals surface area contributed by atoms with Crippen molar-refractivity contribution >= 4 is 18.1 Å². The molecule has 1 aromatic rings. The number of carbonyl (C=O) groups is 2. The molecule has 9 heteroatoms. The summed E-state index contributed by atoms with van der Waals surface area (Å²) in [7, 11) is 0. The molecule has 2 amide bonds. The lowest BCUT2D eigenvalue weighted by Gasteiger charge is -2.30. The molecule has 28 heavy (non-hydrogen) atoms. The highest BCUT2D eigenvalue weighted by Gasteiger charge is 2.29. The molecule has 9 nitrogen and oxygen atoms in total. The van der Waals surface area contributed by atoms with Crippen LogP contribution in [0.25, 0.3) is 0 Å². The van der Waals surface area contributed by atoms with Crippen molar-refractivity contribution in [2.24, 2.45) is 16.8 Å². The lowest BCUT2D eigenvalue weighted by atomic mass is 9.81. The first-order valence-corrected chi connectivity index (χ1v) is 9.92. The molecule has 0 bridgehead atoms. The summed E-state index contributed by atoms with van der Waals surface area (Å²) in [6.45, 7) is 4.08. The Morgan fingerprint density at radius 2 is 2.21 bits per heavy atom. The van der Waals surface area contributed by atoms with Crippen molar-refractivity contribution in [1.82, 2.24) is 20.4 Å². The number of carbonyl (C=O) groups excluding carboxylic acids is 3. The minimum absolute atomic E-state index is 0.130. The Labute approximate surface area is 163 Å². The van der Waals surface area contributed by atoms with Crippen LogP contribution < -0.4 is 5.32 Å². The number of H-pyrrole nitrogens is 1. The number of ether oxygens (including phenoxy) is 1. The van der Waals surface area contributed by atoms with Crippen LogP contribution in [0, 0.1) is 11.8 Å². The van der Waals surface area contributed by atoms with Gasteiger partial charge in [-0.25, -0.2) is 19.4 Å². The Morgan fingerprint density at radius 3 is 3.00 bits per heavy atom. The highest BCUT2D eigenvalue weighted by molar-refractivity contribution is 5.89. The Kier molecular flexibility index (Phi) is 6.81. The summed E-state index contributed by atoms with van der Waals surface area (Å²) in [4.78, 5) is 40.4. The average Bonchev–Trinajstić information content (AvgIpc) is 3.14. The fourth-order valence-corrected chi connectivity index (χ4v) is 4.10. The number of nitrogens with zero attached hydrogens (tertiary/aromatic N) is 3. The number of hydrogen-bond donors (Lipinski definition) is 2. The Morgan fingerprint density at radius 1 is 1.39 bits per heavy atom. The number of hydrogen-bond acceptors (Lipinski definition) is 6. The van der Waals surface area contributed by atoms with Gasteiger partial charge in [0, 0.05) is 30.8 Å². The van der Waals surface area contributed by atoms with Gasteiger partial charge in [0.2, 0.25) is 6.08 Å². The number of aliphatic imine (C=N–C) groups is 1. The van der Waals surface area contributed by atoms with E-state index < -0.39 is 5.97 Å². The van der Waals surface area contributed by atoms with Crippen LogP contribution >= 0.6 is 0 Å². The van der Waals surface area contributed by atoms with Crippen molar-refractivity contribution in [1.29, 1.82) is 0 Å². The summed E-state index contributed by atoms with van der Waals surface area (Å²) in [6, 6.07) is -0.130. The second-order valence-corrected chi connectivity index (χ2v) is 7.44. The zero-order valence-corrected chi connectivity index (χ0v) is 16.2. The molecule has 1 aromatic heterocycles. The number of urea groups is 1. The molecule has 2 heterocycles. The minimum Gasteiger partial charge on any atom is -0.461 e. The minimum atomic E-state index is -0.464. The van der Waals surface area contributed by atoms with Crippen molar-refractivity contribution in [3.8, 4) is 0 Å². The third-order valence-corrected chi connectivity index (χ3v) is 5.54. The van der Waals surface area contributed by atoms with E-state index >= 15 is 0 Å². The smallest absolute Gasteiger partial charge is 0.359 e. The predicted octanol–water partition coefficient (Wildman–Crippen LogP) is 1.80. The molecule has 3 rings (SSSR count). The molecule has 0 radical (unpaired) electrons. The summed E-state index contributed by atoms with van der Waals surface area (Å²) in [5.41, 5.74) is 1.89. The molecule has 1 saturated carbocycles. The maximum atomic E-state index is 12.6. The molecule has 0 aromatic carbocycles. The molecule has 0 spiro atoms. The first-order chi connectivity index (χ1) is 13.6. The van der Waals surface area contributed by atoms with Crippen LogP contribution in [0.5, 0.6) is 0 Å². The summed E-state index contributed by atoms with van der Waals surface area (Å²) in [6.07, 6.45) is 6.43. The topological polar surface area (TPSA) is 117 Å². The van der Waals surface area contributed by atoms with E-state index in [1.807, 2.05) is 0 Å². The lowest BCUT2D eigenvalue weighted by molar-refractivity contribution is 0.0516. The normalized spacial score (nSPS) is 21.4. The number of esters is 1. The quantitative estimate of drug-likeness (QED) is 0.437. The average molecular weight is 389 g/mol. The number of fused-ring (bicyclic) bond motifs is 1. The van der Waals surface area contributed by atoms with Crippen LogP contribution in [0.3, 0.4) is 0 Å². The maximum Gasteiger partial charge on any atom is 0.359 e. The summed E-state index contributed by atoms with van der Waals surface area (Å²) < 4.78 is 5.04. The van der Waals surface area contributed by atoms with Crippen molar-refractivity contribution in [2.45, 2.75) is 45.6 Å². The summed E-state index contributed by atoms with van der Waals surface area (Å²) in [5, 5.41) is 9.98. The molecular weight excluding hydrogens is 362 g/mol. The van der Waals surface area contributed by atoms with Crippen LogP contribution in [0.1, 0.15) is 54.4 Å². The second kappa shape index (κ2) is 9.50. The van der Waals surface area contributed by atoms with Crippen LogP contribution in [0.15, 0.2) is 4.99 Å². The number of nitrogens with one attached hydrogen (secondary N) is 2. The van der Waals surface area contributed by atoms with Gasteiger partial charge in [-0.1, -0.05) is 6.42 Å². The second-order valence-electron chi connectivity index (χ2n) is 7.44. The van der Waals surface area contributed by atoms with Gasteiger partial charge >= 0.3 is 12.0 Å². The first-order valence-electron chi connectivity index (χ1n) is 9.92. The highest BCUT2D eigenvalue weighted by atomic mass is 16.5. The molecule has 1 aliphatic carbocycles. The van der Waals surface area contributed by atoms with Gasteiger partial charge in [0.25, 0.3) is 0 Å². The maximum absolute atomic E-state index is 12.6. The molecule has 0 saturated heterocycles. The fraction of sp³-hybridized carbons (Fsp3) is 0.684. The highest BCUT2D eigenvalue weighted by Crippen LogP contribution is 2.29. The number of aromatic amines is 1. The van der Waals surface area contributed by atoms with Crippen molar-refractivity contribution < 1.29 is 19.1 Å². The molecule has 2 atom stereocenters. The lowest BCUT2D eigenvalue weighted by Crippen LogP contribution is -2.44. The van der Waals surface area contributed by atoms with Crippen molar-refractivity contribution in [2.75, 3.05) is 26.2 Å². The third-order valence-electron chi connectivity index (χ3n) is 5.54. The van der Waals surface area contributed by atoms with Gasteiger partial charge in [0.05, 0.1) is 19.7 Å². The molecule has 2 N–H and O–H groups in total. The van der Waals surface area contributed by atoms with Gasteiger partial charge in [0.15, 0.2) is 5.69 Å². The number of rotatable bonds is 6. The number of aromatic nitrogens is 2. The van der Waals surface area contributed by atoms with E-state index in [0.717, 1.165) is 36.9 Å². The molecule has 152 valence electrons. The van der Waals surface area contributed by atoms with E-state index in [4.69, 9.17) is 4.74 Å². The van der Waals surface area contributed by atoms with Gasteiger partial charge in [-0.2, -0.15) is 5.10 Å². The van der Waals surface area contributed by atoms with Crippen LogP contribution in [-0.4, -0.2) is 59.4 Å². The van der Waals surface area contributed by atoms with E-state index in [1.54, 1.807) is 17.9 Å². The predicted molar refractivity (Wildman–Crippen MR) is 100 cm³/mol. The van der Waals surface area contributed by atoms with E-state index in [0.29, 0.717) is 44.4 Å². The van der Waals surface area contributed by atoms with Gasteiger partial charge in [0.1, 0.15) is 0 Å². The van der Waals surface area contributed by atoms with Crippen molar-refractivity contribution in [3.63, 3.8) is 0 Å². The Balaban J connectivity index is 1.53. The molecular formula is C19H27N5O4. The largest absolute Gasteiger partial charge is 0.461 e. The Bertz CT molecular complexity index is 756. The zero-order chi connectivity index (χ0) is 19.9. The SMILES string of the molecule is CCOC(=O)c1n[nH]c2c1CN(C(=O)NCC1CCCC(CN=C=O)C1)CC2. The zero-order valence-electron chi connectivity index (χ0n) is 16.2. The van der Waals surface area contributed by atoms with Gasteiger partial charge < -0.3 is 15.0 Å². The summed E-state index contributed by atoms with van der Waals surface area (Å²) in [5.74, 6) is 0.329. The molecule has 1 fully saturated rings. The summed E-state index contributed by atoms with van der Waals surface area (Å²) >= 11 is 0. The fourth-order valence-electron chi connectivity index (χ4n) is 4.10. The Hall–Kier alpha value is -2.67. The number of amides is 2. The third kappa shape index (κ3) is 4.78. The van der Waals surface area contributed by atoms with Gasteiger partial charge in [-0.05, 0) is 38.0 Å². The van der Waals surface area contributed by atoms with Crippen molar-refractivity contribution in [3.05, 3.63) is 17.0 Å².